The van der Waals surface area contributed by atoms with Gasteiger partial charge in [-0.25, -0.2) is 9.18 Å². The van der Waals surface area contributed by atoms with Crippen LogP contribution in [0, 0.1) is 0 Å². The van der Waals surface area contributed by atoms with Crippen molar-refractivity contribution in [3.05, 3.63) is 23.6 Å². The van der Waals surface area contributed by atoms with Crippen LogP contribution in [0.2, 0.25) is 0 Å². The molecule has 1 fully saturated rings. The van der Waals surface area contributed by atoms with Gasteiger partial charge in [-0.05, 0) is 32.9 Å². The zero-order valence-electron chi connectivity index (χ0n) is 13.5. The second-order valence-corrected chi connectivity index (χ2v) is 6.76. The van der Waals surface area contributed by atoms with E-state index in [1.54, 1.807) is 17.1 Å². The van der Waals surface area contributed by atoms with Crippen molar-refractivity contribution < 1.29 is 18.7 Å². The minimum atomic E-state index is -1.16. The Labute approximate surface area is 130 Å². The van der Waals surface area contributed by atoms with Gasteiger partial charge in [-0.3, -0.25) is 0 Å². The number of rotatable bonds is 2. The molecule has 1 amide bonds. The third kappa shape index (κ3) is 4.64. The number of carbonyl (C=O) groups excluding carboxylic acids is 1. The van der Waals surface area contributed by atoms with E-state index in [-0.39, 0.29) is 24.3 Å². The molecule has 0 radical (unpaired) electrons. The first-order valence-electron chi connectivity index (χ1n) is 7.69. The van der Waals surface area contributed by atoms with Gasteiger partial charge in [0.15, 0.2) is 0 Å². The number of halogens is 1. The molecule has 0 saturated carbocycles. The molecule has 124 valence electrons. The fourth-order valence-electron chi connectivity index (χ4n) is 2.44. The van der Waals surface area contributed by atoms with Gasteiger partial charge in [-0.2, -0.15) is 0 Å². The van der Waals surface area contributed by atoms with Crippen molar-refractivity contribution in [3.63, 3.8) is 0 Å². The van der Waals surface area contributed by atoms with Crippen LogP contribution in [0.3, 0.4) is 0 Å². The van der Waals surface area contributed by atoms with Crippen LogP contribution >= 0.6 is 0 Å². The smallest absolute Gasteiger partial charge is 0.410 e. The summed E-state index contributed by atoms with van der Waals surface area (Å²) in [4.78, 5) is 13.7. The minimum absolute atomic E-state index is 0.00450. The summed E-state index contributed by atoms with van der Waals surface area (Å²) in [6.07, 6.45) is 3.45. The third-order valence-corrected chi connectivity index (χ3v) is 3.62. The van der Waals surface area contributed by atoms with Crippen molar-refractivity contribution >= 4 is 6.09 Å². The van der Waals surface area contributed by atoms with Crippen LogP contribution in [0.15, 0.2) is 23.6 Å². The molecule has 0 aromatic carbocycles. The molecule has 6 heteroatoms. The van der Waals surface area contributed by atoms with Gasteiger partial charge >= 0.3 is 6.09 Å². The second-order valence-electron chi connectivity index (χ2n) is 6.76. The molecule has 0 spiro atoms. The summed E-state index contributed by atoms with van der Waals surface area (Å²) < 4.78 is 24.7. The molecule has 0 bridgehead atoms. The van der Waals surface area contributed by atoms with E-state index in [1.807, 2.05) is 20.8 Å². The van der Waals surface area contributed by atoms with E-state index < -0.39 is 11.8 Å². The monoisotopic (exact) mass is 312 g/mol. The molecule has 1 saturated heterocycles. The SMILES string of the molecule is CC(C)(C)OC(=O)N1CCC(OC2=CC=C(N)C(F)C2)CC1. The molecule has 1 atom stereocenters. The van der Waals surface area contributed by atoms with Crippen molar-refractivity contribution in [2.75, 3.05) is 13.1 Å². The quantitative estimate of drug-likeness (QED) is 0.851. The lowest BCUT2D eigenvalue weighted by Gasteiger charge is -2.34. The van der Waals surface area contributed by atoms with Gasteiger partial charge in [-0.15, -0.1) is 0 Å². The maximum atomic E-state index is 13.5. The molecule has 0 aromatic rings. The first-order valence-corrected chi connectivity index (χ1v) is 7.69. The number of nitrogens with zero attached hydrogens (tertiary/aromatic N) is 1. The standard InChI is InChI=1S/C16H25FN2O3/c1-16(2,3)22-15(20)19-8-6-11(7-9-19)21-12-4-5-14(18)13(17)10-12/h4-5,11,13H,6-10,18H2,1-3H3. The molecule has 0 aromatic heterocycles. The number of nitrogens with two attached hydrogens (primary N) is 1. The average Bonchev–Trinajstić information content (AvgIpc) is 2.42. The number of hydrogen-bond acceptors (Lipinski definition) is 4. The average molecular weight is 312 g/mol. The highest BCUT2D eigenvalue weighted by Crippen LogP contribution is 2.25. The number of allylic oxidation sites excluding steroid dienone is 4. The normalized spacial score (nSPS) is 23.6. The summed E-state index contributed by atoms with van der Waals surface area (Å²) in [7, 11) is 0. The number of amides is 1. The number of alkyl halides is 1. The molecule has 1 aliphatic carbocycles. The van der Waals surface area contributed by atoms with E-state index >= 15 is 0 Å². The Morgan fingerprint density at radius 1 is 1.32 bits per heavy atom. The van der Waals surface area contributed by atoms with E-state index in [2.05, 4.69) is 0 Å². The van der Waals surface area contributed by atoms with Gasteiger partial charge in [0.2, 0.25) is 0 Å². The van der Waals surface area contributed by atoms with E-state index in [0.29, 0.717) is 31.7 Å². The summed E-state index contributed by atoms with van der Waals surface area (Å²) in [5, 5.41) is 0. The van der Waals surface area contributed by atoms with Crippen LogP contribution in [0.5, 0.6) is 0 Å². The van der Waals surface area contributed by atoms with E-state index in [1.165, 1.54) is 0 Å². The molecule has 22 heavy (non-hydrogen) atoms. The zero-order valence-corrected chi connectivity index (χ0v) is 13.5. The van der Waals surface area contributed by atoms with Crippen molar-refractivity contribution in [1.29, 1.82) is 0 Å². The van der Waals surface area contributed by atoms with Gasteiger partial charge in [0.1, 0.15) is 17.9 Å². The Hall–Kier alpha value is -1.72. The summed E-state index contributed by atoms with van der Waals surface area (Å²) >= 11 is 0. The van der Waals surface area contributed by atoms with Crippen molar-refractivity contribution in [2.45, 2.75) is 57.9 Å². The topological polar surface area (TPSA) is 64.8 Å². The number of carbonyl (C=O) groups is 1. The maximum Gasteiger partial charge on any atom is 0.410 e. The van der Waals surface area contributed by atoms with Crippen LogP contribution in [-0.4, -0.2) is 42.0 Å². The number of piperidine rings is 1. The van der Waals surface area contributed by atoms with Gasteiger partial charge in [0.05, 0.1) is 5.76 Å². The second kappa shape index (κ2) is 6.58. The molecule has 2 aliphatic rings. The molecule has 2 rings (SSSR count). The van der Waals surface area contributed by atoms with Crippen LogP contribution in [0.4, 0.5) is 9.18 Å². The van der Waals surface area contributed by atoms with Crippen molar-refractivity contribution in [2.24, 2.45) is 5.73 Å². The van der Waals surface area contributed by atoms with Gasteiger partial charge in [0, 0.05) is 38.0 Å². The van der Waals surface area contributed by atoms with Crippen molar-refractivity contribution in [3.8, 4) is 0 Å². The molecule has 1 aliphatic heterocycles. The van der Waals surface area contributed by atoms with Crippen LogP contribution < -0.4 is 5.73 Å². The summed E-state index contributed by atoms with van der Waals surface area (Å²) in [5.74, 6) is 0.623. The Balaban J connectivity index is 1.79. The first-order chi connectivity index (χ1) is 10.2. The van der Waals surface area contributed by atoms with Crippen LogP contribution in [0.1, 0.15) is 40.0 Å². The largest absolute Gasteiger partial charge is 0.495 e. The number of hydrogen-bond donors (Lipinski definition) is 1. The molecular weight excluding hydrogens is 287 g/mol. The molecule has 1 unspecified atom stereocenters. The molecule has 5 nitrogen and oxygen atoms in total. The van der Waals surface area contributed by atoms with Crippen molar-refractivity contribution in [1.82, 2.24) is 4.90 Å². The third-order valence-electron chi connectivity index (χ3n) is 3.62. The molecule has 1 heterocycles. The van der Waals surface area contributed by atoms with E-state index in [9.17, 15) is 9.18 Å². The minimum Gasteiger partial charge on any atom is -0.495 e. The maximum absolute atomic E-state index is 13.5. The summed E-state index contributed by atoms with van der Waals surface area (Å²) in [5.41, 5.74) is 5.26. The Kier molecular flexibility index (Phi) is 4.98. The Bertz CT molecular complexity index is 474. The highest BCUT2D eigenvalue weighted by atomic mass is 19.1. The molecular formula is C16H25FN2O3. The highest BCUT2D eigenvalue weighted by Gasteiger charge is 2.28. The zero-order chi connectivity index (χ0) is 16.3. The van der Waals surface area contributed by atoms with E-state index in [0.717, 1.165) is 0 Å². The number of likely N-dealkylation sites (tertiary alicyclic amines) is 1. The summed E-state index contributed by atoms with van der Waals surface area (Å²) in [6.45, 7) is 6.72. The Morgan fingerprint density at radius 3 is 2.50 bits per heavy atom. The first kappa shape index (κ1) is 16.6. The lowest BCUT2D eigenvalue weighted by molar-refractivity contribution is 0.00263. The summed E-state index contributed by atoms with van der Waals surface area (Å²) in [6, 6.07) is 0. The molecule has 2 N–H and O–H groups in total. The Morgan fingerprint density at radius 2 is 1.95 bits per heavy atom. The van der Waals surface area contributed by atoms with Gasteiger partial charge < -0.3 is 20.1 Å². The predicted octanol–water partition coefficient (Wildman–Crippen LogP) is 2.87. The van der Waals surface area contributed by atoms with Crippen LogP contribution in [0.25, 0.3) is 0 Å². The van der Waals surface area contributed by atoms with Gasteiger partial charge in [0.25, 0.3) is 0 Å². The van der Waals surface area contributed by atoms with Crippen LogP contribution in [-0.2, 0) is 9.47 Å². The van der Waals surface area contributed by atoms with E-state index in [4.69, 9.17) is 15.2 Å². The lowest BCUT2D eigenvalue weighted by atomic mass is 10.1. The van der Waals surface area contributed by atoms with Gasteiger partial charge in [-0.1, -0.05) is 0 Å². The lowest BCUT2D eigenvalue weighted by Crippen LogP contribution is -2.43. The fraction of sp³-hybridized carbons (Fsp3) is 0.688. The highest BCUT2D eigenvalue weighted by molar-refractivity contribution is 5.68. The predicted molar refractivity (Wildman–Crippen MR) is 81.8 cm³/mol. The fourth-order valence-corrected chi connectivity index (χ4v) is 2.44. The number of ether oxygens (including phenoxy) is 2.